The largest absolute Gasteiger partial charge is 0.366 e. The van der Waals surface area contributed by atoms with Crippen molar-refractivity contribution in [2.75, 3.05) is 5.32 Å². The second-order valence-corrected chi connectivity index (χ2v) is 5.68. The van der Waals surface area contributed by atoms with Gasteiger partial charge in [0, 0.05) is 22.9 Å². The van der Waals surface area contributed by atoms with Gasteiger partial charge in [-0.3, -0.25) is 14.6 Å². The molecule has 0 aliphatic heterocycles. The number of aromatic nitrogens is 1. The van der Waals surface area contributed by atoms with Gasteiger partial charge in [-0.15, -0.1) is 0 Å². The molecule has 0 unspecified atom stereocenters. The molecular formula is C20H17N3O2. The van der Waals surface area contributed by atoms with Crippen LogP contribution in [0.4, 0.5) is 5.69 Å². The van der Waals surface area contributed by atoms with Crippen molar-refractivity contribution in [3.63, 3.8) is 0 Å². The van der Waals surface area contributed by atoms with E-state index < -0.39 is 5.91 Å². The monoisotopic (exact) mass is 331 g/mol. The molecule has 5 heteroatoms. The van der Waals surface area contributed by atoms with E-state index >= 15 is 0 Å². The summed E-state index contributed by atoms with van der Waals surface area (Å²) in [4.78, 5) is 28.1. The normalized spacial score (nSPS) is 10.3. The van der Waals surface area contributed by atoms with Gasteiger partial charge in [-0.2, -0.15) is 0 Å². The Balaban J connectivity index is 1.87. The molecule has 0 fully saturated rings. The summed E-state index contributed by atoms with van der Waals surface area (Å²) >= 11 is 0. The minimum absolute atomic E-state index is 0.298. The maximum Gasteiger partial charge on any atom is 0.255 e. The van der Waals surface area contributed by atoms with Crippen LogP contribution >= 0.6 is 0 Å². The molecule has 2 amide bonds. The van der Waals surface area contributed by atoms with Crippen molar-refractivity contribution in [3.8, 4) is 11.1 Å². The summed E-state index contributed by atoms with van der Waals surface area (Å²) in [6.45, 7) is 1.80. The molecule has 3 N–H and O–H groups in total. The first-order chi connectivity index (χ1) is 12.0. The summed E-state index contributed by atoms with van der Waals surface area (Å²) in [6.07, 6.45) is 3.32. The van der Waals surface area contributed by atoms with E-state index in [-0.39, 0.29) is 5.91 Å². The van der Waals surface area contributed by atoms with Gasteiger partial charge in [0.05, 0.1) is 11.9 Å². The van der Waals surface area contributed by atoms with Crippen LogP contribution in [0.1, 0.15) is 26.3 Å². The number of aryl methyl sites for hydroxylation is 1. The van der Waals surface area contributed by atoms with Crippen molar-refractivity contribution in [2.45, 2.75) is 6.92 Å². The number of carbonyl (C=O) groups excluding carboxylic acids is 2. The van der Waals surface area contributed by atoms with Crippen molar-refractivity contribution in [1.29, 1.82) is 0 Å². The molecule has 0 bridgehead atoms. The van der Waals surface area contributed by atoms with E-state index in [4.69, 9.17) is 5.73 Å². The second-order valence-electron chi connectivity index (χ2n) is 5.68. The lowest BCUT2D eigenvalue weighted by Crippen LogP contribution is -2.16. The number of nitrogens with one attached hydrogen (secondary N) is 1. The molecule has 3 rings (SSSR count). The van der Waals surface area contributed by atoms with Crippen LogP contribution in [0.15, 0.2) is 67.0 Å². The molecule has 1 aromatic heterocycles. The molecule has 5 nitrogen and oxygen atoms in total. The number of anilines is 1. The summed E-state index contributed by atoms with van der Waals surface area (Å²) in [5.74, 6) is -0.880. The average molecular weight is 331 g/mol. The zero-order valence-corrected chi connectivity index (χ0v) is 13.7. The molecular weight excluding hydrogens is 314 g/mol. The Kier molecular flexibility index (Phi) is 4.57. The molecule has 0 saturated carbocycles. The fraction of sp³-hybridized carbons (Fsp3) is 0.0500. The third-order valence-corrected chi connectivity index (χ3v) is 3.87. The fourth-order valence-electron chi connectivity index (χ4n) is 2.52. The van der Waals surface area contributed by atoms with Crippen LogP contribution in [0.25, 0.3) is 11.1 Å². The topological polar surface area (TPSA) is 85.1 Å². The Labute approximate surface area is 145 Å². The second kappa shape index (κ2) is 6.97. The van der Waals surface area contributed by atoms with E-state index in [0.29, 0.717) is 16.8 Å². The quantitative estimate of drug-likeness (QED) is 0.768. The standard InChI is InChI=1S/C20H17N3O2/c1-13-7-8-15(19(21)24)10-18(13)20(25)23-17-9-16(11-22-12-17)14-5-3-2-4-6-14/h2-12H,1H3,(H2,21,24)(H,23,25). The predicted octanol–water partition coefficient (Wildman–Crippen LogP) is 3.41. The highest BCUT2D eigenvalue weighted by Crippen LogP contribution is 2.22. The zero-order chi connectivity index (χ0) is 17.8. The summed E-state index contributed by atoms with van der Waals surface area (Å²) in [7, 11) is 0. The smallest absolute Gasteiger partial charge is 0.255 e. The molecule has 3 aromatic rings. The van der Waals surface area contributed by atoms with E-state index in [9.17, 15) is 9.59 Å². The first-order valence-corrected chi connectivity index (χ1v) is 7.77. The maximum atomic E-state index is 12.6. The van der Waals surface area contributed by atoms with E-state index in [2.05, 4.69) is 10.3 Å². The minimum atomic E-state index is -0.568. The number of carbonyl (C=O) groups is 2. The van der Waals surface area contributed by atoms with Gasteiger partial charge in [0.15, 0.2) is 0 Å². The van der Waals surface area contributed by atoms with Gasteiger partial charge < -0.3 is 11.1 Å². The molecule has 1 heterocycles. The van der Waals surface area contributed by atoms with E-state index in [0.717, 1.165) is 16.7 Å². The summed E-state index contributed by atoms with van der Waals surface area (Å²) in [5, 5.41) is 2.82. The van der Waals surface area contributed by atoms with Gasteiger partial charge in [-0.25, -0.2) is 0 Å². The van der Waals surface area contributed by atoms with Crippen molar-refractivity contribution in [2.24, 2.45) is 5.73 Å². The Morgan fingerprint density at radius 2 is 1.72 bits per heavy atom. The predicted molar refractivity (Wildman–Crippen MR) is 97.3 cm³/mol. The van der Waals surface area contributed by atoms with Gasteiger partial charge in [0.1, 0.15) is 0 Å². The third kappa shape index (κ3) is 3.72. The summed E-state index contributed by atoms with van der Waals surface area (Å²) in [6, 6.07) is 16.4. The highest BCUT2D eigenvalue weighted by atomic mass is 16.2. The minimum Gasteiger partial charge on any atom is -0.366 e. The van der Waals surface area contributed by atoms with Crippen LogP contribution in [0.2, 0.25) is 0 Å². The molecule has 0 radical (unpaired) electrons. The number of rotatable bonds is 4. The zero-order valence-electron chi connectivity index (χ0n) is 13.7. The number of amides is 2. The number of nitrogens with two attached hydrogens (primary N) is 1. The number of primary amides is 1. The molecule has 0 aliphatic rings. The lowest BCUT2D eigenvalue weighted by molar-refractivity contribution is 0.1000. The number of hydrogen-bond donors (Lipinski definition) is 2. The summed E-state index contributed by atoms with van der Waals surface area (Å²) < 4.78 is 0. The molecule has 124 valence electrons. The number of pyridine rings is 1. The lowest BCUT2D eigenvalue weighted by Gasteiger charge is -2.10. The first kappa shape index (κ1) is 16.4. The first-order valence-electron chi connectivity index (χ1n) is 7.77. The van der Waals surface area contributed by atoms with Crippen molar-refractivity contribution < 1.29 is 9.59 Å². The fourth-order valence-corrected chi connectivity index (χ4v) is 2.52. The number of hydrogen-bond acceptors (Lipinski definition) is 3. The Morgan fingerprint density at radius 3 is 2.44 bits per heavy atom. The van der Waals surface area contributed by atoms with Gasteiger partial charge in [-0.05, 0) is 36.2 Å². The Hall–Kier alpha value is -3.47. The van der Waals surface area contributed by atoms with E-state index in [1.54, 1.807) is 31.5 Å². The van der Waals surface area contributed by atoms with Crippen LogP contribution in [0, 0.1) is 6.92 Å². The van der Waals surface area contributed by atoms with Crippen LogP contribution in [-0.2, 0) is 0 Å². The average Bonchev–Trinajstić information content (AvgIpc) is 2.62. The van der Waals surface area contributed by atoms with Crippen LogP contribution in [-0.4, -0.2) is 16.8 Å². The Bertz CT molecular complexity index is 937. The van der Waals surface area contributed by atoms with Crippen molar-refractivity contribution in [1.82, 2.24) is 4.98 Å². The summed E-state index contributed by atoms with van der Waals surface area (Å²) in [5.41, 5.74) is 9.24. The highest BCUT2D eigenvalue weighted by Gasteiger charge is 2.13. The molecule has 25 heavy (non-hydrogen) atoms. The number of nitrogens with zero attached hydrogens (tertiary/aromatic N) is 1. The van der Waals surface area contributed by atoms with E-state index in [1.165, 1.54) is 6.07 Å². The third-order valence-electron chi connectivity index (χ3n) is 3.87. The van der Waals surface area contributed by atoms with Crippen LogP contribution in [0.5, 0.6) is 0 Å². The lowest BCUT2D eigenvalue weighted by atomic mass is 10.0. The van der Waals surface area contributed by atoms with Gasteiger partial charge in [-0.1, -0.05) is 36.4 Å². The highest BCUT2D eigenvalue weighted by molar-refractivity contribution is 6.07. The number of benzene rings is 2. The van der Waals surface area contributed by atoms with Gasteiger partial charge in [0.25, 0.3) is 5.91 Å². The van der Waals surface area contributed by atoms with Crippen LogP contribution in [0.3, 0.4) is 0 Å². The maximum absolute atomic E-state index is 12.6. The Morgan fingerprint density at radius 1 is 0.960 bits per heavy atom. The van der Waals surface area contributed by atoms with Crippen LogP contribution < -0.4 is 11.1 Å². The van der Waals surface area contributed by atoms with Crippen molar-refractivity contribution >= 4 is 17.5 Å². The molecule has 0 aliphatic carbocycles. The van der Waals surface area contributed by atoms with E-state index in [1.807, 2.05) is 36.4 Å². The van der Waals surface area contributed by atoms with Gasteiger partial charge in [0.2, 0.25) is 5.91 Å². The molecule has 0 spiro atoms. The molecule has 2 aromatic carbocycles. The SMILES string of the molecule is Cc1ccc(C(N)=O)cc1C(=O)Nc1cncc(-c2ccccc2)c1. The molecule has 0 atom stereocenters. The molecule has 0 saturated heterocycles. The van der Waals surface area contributed by atoms with Gasteiger partial charge >= 0.3 is 0 Å². The van der Waals surface area contributed by atoms with Crippen molar-refractivity contribution in [3.05, 3.63) is 83.7 Å².